The van der Waals surface area contributed by atoms with Crippen LogP contribution < -0.4 is 0 Å². The molecule has 1 atom stereocenters. The molecule has 0 bridgehead atoms. The van der Waals surface area contributed by atoms with Gasteiger partial charge in [0.15, 0.2) is 0 Å². The first-order valence-electron chi connectivity index (χ1n) is 6.88. The van der Waals surface area contributed by atoms with Crippen molar-refractivity contribution in [3.8, 4) is 0 Å². The van der Waals surface area contributed by atoms with Gasteiger partial charge in [0.1, 0.15) is 18.3 Å². The van der Waals surface area contributed by atoms with Crippen molar-refractivity contribution in [2.75, 3.05) is 6.26 Å². The maximum atomic E-state index is 12.7. The molecule has 0 spiro atoms. The molecule has 0 aliphatic carbocycles. The van der Waals surface area contributed by atoms with Gasteiger partial charge in [-0.2, -0.15) is 30.0 Å². The Morgan fingerprint density at radius 2 is 1.70 bits per heavy atom. The molecule has 126 valence electrons. The number of alkyl halides is 3. The summed E-state index contributed by atoms with van der Waals surface area (Å²) in [7, 11) is 0. The molecule has 0 fully saturated rings. The number of hydrogen-bond acceptors (Lipinski definition) is 4. The van der Waals surface area contributed by atoms with Crippen molar-refractivity contribution in [2.45, 2.75) is 36.9 Å². The second kappa shape index (κ2) is 6.16. The van der Waals surface area contributed by atoms with Crippen LogP contribution in [0, 0.1) is 0 Å². The molecule has 23 heavy (non-hydrogen) atoms. The van der Waals surface area contributed by atoms with Crippen molar-refractivity contribution in [2.24, 2.45) is 0 Å². The van der Waals surface area contributed by atoms with E-state index in [-0.39, 0.29) is 6.54 Å². The Bertz CT molecular complexity index is 641. The smallest absolute Gasteiger partial charge is 0.382 e. The summed E-state index contributed by atoms with van der Waals surface area (Å²) in [5.74, 6) is 0. The van der Waals surface area contributed by atoms with E-state index in [4.69, 9.17) is 0 Å². The molecule has 0 saturated carbocycles. The zero-order chi connectivity index (χ0) is 17.3. The number of thioether (sulfide) groups is 1. The summed E-state index contributed by atoms with van der Waals surface area (Å²) in [6, 6.07) is 4.60. The lowest BCUT2D eigenvalue weighted by molar-refractivity contribution is -0.137. The van der Waals surface area contributed by atoms with E-state index in [0.29, 0.717) is 5.56 Å². The van der Waals surface area contributed by atoms with Crippen LogP contribution in [0.15, 0.2) is 36.9 Å². The van der Waals surface area contributed by atoms with E-state index >= 15 is 0 Å². The van der Waals surface area contributed by atoms with Gasteiger partial charge in [-0.1, -0.05) is 12.1 Å². The predicted octanol–water partition coefficient (Wildman–Crippen LogP) is 3.33. The van der Waals surface area contributed by atoms with Gasteiger partial charge in [-0.3, -0.25) is 0 Å². The summed E-state index contributed by atoms with van der Waals surface area (Å²) in [5.41, 5.74) is -1.75. The number of nitrogens with zero attached hydrogens (tertiary/aromatic N) is 3. The molecule has 0 aliphatic heterocycles. The summed E-state index contributed by atoms with van der Waals surface area (Å²) < 4.78 is 39.0. The lowest BCUT2D eigenvalue weighted by Gasteiger charge is -2.42. The van der Waals surface area contributed by atoms with Gasteiger partial charge in [0, 0.05) is 4.75 Å². The monoisotopic (exact) mass is 345 g/mol. The Kier molecular flexibility index (Phi) is 4.77. The Balaban J connectivity index is 2.45. The Labute approximate surface area is 136 Å². The average Bonchev–Trinajstić information content (AvgIpc) is 2.99. The van der Waals surface area contributed by atoms with E-state index in [0.717, 1.165) is 12.1 Å². The number of aliphatic hydroxyl groups is 1. The zero-order valence-corrected chi connectivity index (χ0v) is 13.8. The minimum atomic E-state index is -4.41. The molecule has 1 N–H and O–H groups in total. The van der Waals surface area contributed by atoms with E-state index in [1.54, 1.807) is 0 Å². The first kappa shape index (κ1) is 17.8. The second-order valence-electron chi connectivity index (χ2n) is 5.74. The van der Waals surface area contributed by atoms with E-state index in [1.165, 1.54) is 41.2 Å². The third-order valence-corrected chi connectivity index (χ3v) is 5.41. The van der Waals surface area contributed by atoms with Gasteiger partial charge < -0.3 is 5.11 Å². The lowest BCUT2D eigenvalue weighted by atomic mass is 9.82. The topological polar surface area (TPSA) is 50.9 Å². The van der Waals surface area contributed by atoms with Gasteiger partial charge in [0.05, 0.1) is 12.1 Å². The van der Waals surface area contributed by atoms with E-state index in [1.807, 2.05) is 20.1 Å². The van der Waals surface area contributed by atoms with Crippen molar-refractivity contribution >= 4 is 11.8 Å². The highest BCUT2D eigenvalue weighted by Gasteiger charge is 2.45. The average molecular weight is 345 g/mol. The summed E-state index contributed by atoms with van der Waals surface area (Å²) >= 11 is 1.43. The van der Waals surface area contributed by atoms with Crippen LogP contribution in [0.4, 0.5) is 13.2 Å². The van der Waals surface area contributed by atoms with Crippen molar-refractivity contribution in [3.05, 3.63) is 48.0 Å². The largest absolute Gasteiger partial charge is 0.416 e. The fourth-order valence-corrected chi connectivity index (χ4v) is 2.80. The predicted molar refractivity (Wildman–Crippen MR) is 83.0 cm³/mol. The molecule has 0 radical (unpaired) electrons. The molecular weight excluding hydrogens is 327 g/mol. The summed E-state index contributed by atoms with van der Waals surface area (Å²) in [5, 5.41) is 15.3. The zero-order valence-electron chi connectivity index (χ0n) is 13.0. The van der Waals surface area contributed by atoms with Crippen LogP contribution in [-0.4, -0.2) is 30.9 Å². The van der Waals surface area contributed by atoms with E-state index < -0.39 is 22.1 Å². The molecule has 0 aliphatic rings. The van der Waals surface area contributed by atoms with Crippen LogP contribution in [0.3, 0.4) is 0 Å². The molecule has 1 aromatic heterocycles. The quantitative estimate of drug-likeness (QED) is 0.903. The fraction of sp³-hybridized carbons (Fsp3) is 0.467. The van der Waals surface area contributed by atoms with Crippen LogP contribution in [0.25, 0.3) is 0 Å². The van der Waals surface area contributed by atoms with Gasteiger partial charge in [0.25, 0.3) is 0 Å². The van der Waals surface area contributed by atoms with Gasteiger partial charge in [-0.25, -0.2) is 9.67 Å². The molecule has 0 unspecified atom stereocenters. The molecule has 2 rings (SSSR count). The molecule has 2 aromatic rings. The Morgan fingerprint density at radius 1 is 1.13 bits per heavy atom. The highest BCUT2D eigenvalue weighted by Crippen LogP contribution is 2.43. The van der Waals surface area contributed by atoms with Gasteiger partial charge >= 0.3 is 6.18 Å². The molecule has 4 nitrogen and oxygen atoms in total. The normalized spacial score (nSPS) is 15.4. The number of halogens is 3. The van der Waals surface area contributed by atoms with Gasteiger partial charge in [-0.15, -0.1) is 0 Å². The molecular formula is C15H18F3N3OS. The van der Waals surface area contributed by atoms with Crippen LogP contribution in [0.5, 0.6) is 0 Å². The van der Waals surface area contributed by atoms with Crippen molar-refractivity contribution in [1.29, 1.82) is 0 Å². The summed E-state index contributed by atoms with van der Waals surface area (Å²) in [6.07, 6.45) is 0.249. The Morgan fingerprint density at radius 3 is 2.13 bits per heavy atom. The highest BCUT2D eigenvalue weighted by atomic mass is 32.2. The number of benzene rings is 1. The minimum absolute atomic E-state index is 0.0895. The van der Waals surface area contributed by atoms with Gasteiger partial charge in [-0.05, 0) is 37.8 Å². The number of rotatable bonds is 5. The molecule has 1 heterocycles. The van der Waals surface area contributed by atoms with Crippen LogP contribution in [0.2, 0.25) is 0 Å². The van der Waals surface area contributed by atoms with E-state index in [2.05, 4.69) is 10.1 Å². The first-order valence-corrected chi connectivity index (χ1v) is 8.10. The first-order chi connectivity index (χ1) is 10.6. The number of aromatic nitrogens is 3. The van der Waals surface area contributed by atoms with Crippen LogP contribution in [0.1, 0.15) is 25.0 Å². The Hall–Kier alpha value is -1.54. The maximum absolute atomic E-state index is 12.7. The standard InChI is InChI=1S/C15H18F3N3OS/c1-13(2,23-3)14(22,8-21-10-19-9-20-21)11-4-6-12(7-5-11)15(16,17)18/h4-7,9-10,22H,8H2,1-3H3/t14-/m1/s1. The van der Waals surface area contributed by atoms with Crippen LogP contribution >= 0.6 is 11.8 Å². The molecule has 1 aromatic carbocycles. The third kappa shape index (κ3) is 3.53. The molecule has 0 amide bonds. The van der Waals surface area contributed by atoms with Crippen molar-refractivity contribution in [3.63, 3.8) is 0 Å². The lowest BCUT2D eigenvalue weighted by Crippen LogP contribution is -2.48. The minimum Gasteiger partial charge on any atom is -0.382 e. The molecule has 0 saturated heterocycles. The third-order valence-electron chi connectivity index (χ3n) is 4.05. The summed E-state index contributed by atoms with van der Waals surface area (Å²) in [6.45, 7) is 3.77. The summed E-state index contributed by atoms with van der Waals surface area (Å²) in [4.78, 5) is 3.84. The number of hydrogen-bond donors (Lipinski definition) is 1. The van der Waals surface area contributed by atoms with E-state index in [9.17, 15) is 18.3 Å². The fourth-order valence-electron chi connectivity index (χ4n) is 2.28. The maximum Gasteiger partial charge on any atom is 0.416 e. The van der Waals surface area contributed by atoms with Crippen molar-refractivity contribution in [1.82, 2.24) is 14.8 Å². The highest BCUT2D eigenvalue weighted by molar-refractivity contribution is 8.00. The molecule has 8 heteroatoms. The SMILES string of the molecule is CSC(C)(C)[C@@](O)(Cn1cncn1)c1ccc(C(F)(F)F)cc1. The second-order valence-corrected chi connectivity index (χ2v) is 7.17. The van der Waals surface area contributed by atoms with Crippen molar-refractivity contribution < 1.29 is 18.3 Å². The van der Waals surface area contributed by atoms with Gasteiger partial charge in [0.2, 0.25) is 0 Å². The van der Waals surface area contributed by atoms with Crippen LogP contribution in [-0.2, 0) is 18.3 Å².